The lowest BCUT2D eigenvalue weighted by molar-refractivity contribution is -0.142. The van der Waals surface area contributed by atoms with Crippen LogP contribution in [-0.2, 0) is 4.79 Å². The lowest BCUT2D eigenvalue weighted by atomic mass is 9.94. The molecule has 102 valence electrons. The van der Waals surface area contributed by atoms with Crippen LogP contribution >= 0.6 is 0 Å². The summed E-state index contributed by atoms with van der Waals surface area (Å²) in [6.07, 6.45) is 3.00. The molecule has 2 fully saturated rings. The monoisotopic (exact) mass is 263 g/mol. The first-order valence-electron chi connectivity index (χ1n) is 6.68. The van der Waals surface area contributed by atoms with Gasteiger partial charge in [-0.2, -0.15) is 0 Å². The van der Waals surface area contributed by atoms with Crippen molar-refractivity contribution in [2.24, 2.45) is 11.8 Å². The number of likely N-dealkylation sites (tertiary alicyclic amines) is 1. The highest BCUT2D eigenvalue weighted by Gasteiger charge is 2.50. The van der Waals surface area contributed by atoms with E-state index in [1.807, 2.05) is 0 Å². The van der Waals surface area contributed by atoms with E-state index in [2.05, 4.69) is 0 Å². The fraction of sp³-hybridized carbons (Fsp3) is 0.571. The van der Waals surface area contributed by atoms with Gasteiger partial charge in [0.1, 0.15) is 11.8 Å². The zero-order chi connectivity index (χ0) is 13.6. The number of rotatable bonds is 2. The Bertz CT molecular complexity index is 521. The molecule has 2 aliphatic rings. The minimum atomic E-state index is -0.897. The van der Waals surface area contributed by atoms with Crippen molar-refractivity contribution in [3.63, 3.8) is 0 Å². The summed E-state index contributed by atoms with van der Waals surface area (Å²) in [5, 5.41) is 9.41. The molecule has 0 spiro atoms. The molecule has 0 radical (unpaired) electrons. The summed E-state index contributed by atoms with van der Waals surface area (Å²) in [5.41, 5.74) is 0. The Morgan fingerprint density at radius 2 is 2.16 bits per heavy atom. The molecule has 1 aliphatic heterocycles. The number of carboxylic acid groups (broad SMARTS) is 1. The van der Waals surface area contributed by atoms with Gasteiger partial charge in [-0.15, -0.1) is 0 Å². The summed E-state index contributed by atoms with van der Waals surface area (Å²) in [6.45, 7) is 2.31. The van der Waals surface area contributed by atoms with E-state index in [0.717, 1.165) is 19.3 Å². The summed E-state index contributed by atoms with van der Waals surface area (Å²) in [7, 11) is 0. The van der Waals surface area contributed by atoms with Crippen molar-refractivity contribution < 1.29 is 19.1 Å². The van der Waals surface area contributed by atoms with E-state index in [9.17, 15) is 14.7 Å². The minimum absolute atomic E-state index is 0.109. The highest BCUT2D eigenvalue weighted by molar-refractivity contribution is 5.95. The quantitative estimate of drug-likeness (QED) is 0.884. The van der Waals surface area contributed by atoms with Gasteiger partial charge in [-0.1, -0.05) is 6.42 Å². The fourth-order valence-electron chi connectivity index (χ4n) is 3.52. The van der Waals surface area contributed by atoms with Crippen molar-refractivity contribution in [3.05, 3.63) is 23.7 Å². The van der Waals surface area contributed by atoms with Gasteiger partial charge in [0.15, 0.2) is 5.76 Å². The van der Waals surface area contributed by atoms with Crippen molar-refractivity contribution in [1.82, 2.24) is 4.90 Å². The second-order valence-corrected chi connectivity index (χ2v) is 5.51. The average Bonchev–Trinajstić information content (AvgIpc) is 3.00. The van der Waals surface area contributed by atoms with Gasteiger partial charge < -0.3 is 14.4 Å². The Morgan fingerprint density at radius 1 is 1.37 bits per heavy atom. The number of nitrogens with zero attached hydrogens (tertiary/aromatic N) is 1. The van der Waals surface area contributed by atoms with Crippen LogP contribution in [0.15, 0.2) is 16.5 Å². The smallest absolute Gasteiger partial charge is 0.326 e. The summed E-state index contributed by atoms with van der Waals surface area (Å²) in [6, 6.07) is 2.65. The van der Waals surface area contributed by atoms with Crippen LogP contribution in [0.1, 0.15) is 35.6 Å². The Hall–Kier alpha value is -1.78. The highest BCUT2D eigenvalue weighted by Crippen LogP contribution is 2.42. The second kappa shape index (κ2) is 4.40. The van der Waals surface area contributed by atoms with Gasteiger partial charge in [-0.3, -0.25) is 4.79 Å². The number of aryl methyl sites for hydroxylation is 1. The van der Waals surface area contributed by atoms with Crippen LogP contribution in [0, 0.1) is 18.8 Å². The van der Waals surface area contributed by atoms with E-state index in [0.29, 0.717) is 18.2 Å². The average molecular weight is 263 g/mol. The molecule has 3 atom stereocenters. The van der Waals surface area contributed by atoms with Gasteiger partial charge >= 0.3 is 5.97 Å². The number of carbonyl (C=O) groups is 2. The first-order valence-corrected chi connectivity index (χ1v) is 6.68. The maximum absolute atomic E-state index is 12.4. The van der Waals surface area contributed by atoms with Crippen LogP contribution in [0.4, 0.5) is 0 Å². The van der Waals surface area contributed by atoms with Crippen LogP contribution in [0.3, 0.4) is 0 Å². The molecule has 3 unspecified atom stereocenters. The molecule has 3 rings (SSSR count). The van der Waals surface area contributed by atoms with Gasteiger partial charge in [0.2, 0.25) is 0 Å². The van der Waals surface area contributed by atoms with Crippen LogP contribution < -0.4 is 0 Å². The molecule has 5 nitrogen and oxygen atoms in total. The molecule has 1 aromatic rings. The first kappa shape index (κ1) is 12.3. The van der Waals surface area contributed by atoms with E-state index >= 15 is 0 Å². The van der Waals surface area contributed by atoms with Crippen molar-refractivity contribution in [3.8, 4) is 0 Å². The molecule has 19 heavy (non-hydrogen) atoms. The van der Waals surface area contributed by atoms with Crippen molar-refractivity contribution in [1.29, 1.82) is 0 Å². The molecule has 2 heterocycles. The second-order valence-electron chi connectivity index (χ2n) is 5.51. The third-order valence-corrected chi connectivity index (χ3v) is 4.36. The third kappa shape index (κ3) is 1.93. The Balaban J connectivity index is 1.87. The summed E-state index contributed by atoms with van der Waals surface area (Å²) in [4.78, 5) is 25.3. The van der Waals surface area contributed by atoms with E-state index in [4.69, 9.17) is 4.42 Å². The number of fused-ring (bicyclic) bond motifs is 1. The van der Waals surface area contributed by atoms with Crippen LogP contribution in [0.2, 0.25) is 0 Å². The predicted octanol–water partition coefficient (Wildman–Crippen LogP) is 1.91. The van der Waals surface area contributed by atoms with Gasteiger partial charge in [0.25, 0.3) is 5.91 Å². The zero-order valence-electron chi connectivity index (χ0n) is 10.8. The molecule has 0 aromatic carbocycles. The molecule has 1 N–H and O–H groups in total. The predicted molar refractivity (Wildman–Crippen MR) is 66.7 cm³/mol. The third-order valence-electron chi connectivity index (χ3n) is 4.36. The molecule has 1 saturated carbocycles. The maximum Gasteiger partial charge on any atom is 0.326 e. The fourth-order valence-corrected chi connectivity index (χ4v) is 3.52. The van der Waals surface area contributed by atoms with Gasteiger partial charge in [-0.25, -0.2) is 4.79 Å². The van der Waals surface area contributed by atoms with Crippen LogP contribution in [0.25, 0.3) is 0 Å². The SMILES string of the molecule is Cc1ccc(C(=O)N2CC3CCCC3C2C(=O)O)o1. The molecule has 5 heteroatoms. The lowest BCUT2D eigenvalue weighted by Crippen LogP contribution is -2.43. The minimum Gasteiger partial charge on any atom is -0.480 e. The topological polar surface area (TPSA) is 70.8 Å². The number of amides is 1. The Kier molecular flexibility index (Phi) is 2.84. The standard InChI is InChI=1S/C14H17NO4/c1-8-5-6-11(19-8)13(16)15-7-9-3-2-4-10(9)12(15)14(17)18/h5-6,9-10,12H,2-4,7H2,1H3,(H,17,18). The molecule has 1 aliphatic carbocycles. The van der Waals surface area contributed by atoms with E-state index < -0.39 is 12.0 Å². The largest absolute Gasteiger partial charge is 0.480 e. The van der Waals surface area contributed by atoms with E-state index in [1.165, 1.54) is 4.90 Å². The molecule has 0 bridgehead atoms. The molecular weight excluding hydrogens is 246 g/mol. The number of carboxylic acids is 1. The Labute approximate surface area is 111 Å². The van der Waals surface area contributed by atoms with Gasteiger partial charge in [0.05, 0.1) is 0 Å². The molecule has 1 aromatic heterocycles. The highest BCUT2D eigenvalue weighted by atomic mass is 16.4. The normalized spacial score (nSPS) is 29.5. The molecular formula is C14H17NO4. The molecule has 1 amide bonds. The summed E-state index contributed by atoms with van der Waals surface area (Å²) in [5.74, 6) is 0.151. The van der Waals surface area contributed by atoms with Crippen molar-refractivity contribution in [2.45, 2.75) is 32.2 Å². The number of hydrogen-bond donors (Lipinski definition) is 1. The van der Waals surface area contributed by atoms with Crippen LogP contribution in [-0.4, -0.2) is 34.5 Å². The number of furan rings is 1. The maximum atomic E-state index is 12.4. The lowest BCUT2D eigenvalue weighted by Gasteiger charge is -2.23. The number of hydrogen-bond acceptors (Lipinski definition) is 3. The van der Waals surface area contributed by atoms with Crippen molar-refractivity contribution >= 4 is 11.9 Å². The summed E-state index contributed by atoms with van der Waals surface area (Å²) >= 11 is 0. The van der Waals surface area contributed by atoms with E-state index in [-0.39, 0.29) is 17.6 Å². The number of carbonyl (C=O) groups excluding carboxylic acids is 1. The summed E-state index contributed by atoms with van der Waals surface area (Å²) < 4.78 is 5.32. The van der Waals surface area contributed by atoms with E-state index in [1.54, 1.807) is 19.1 Å². The Morgan fingerprint density at radius 3 is 2.79 bits per heavy atom. The first-order chi connectivity index (χ1) is 9.08. The van der Waals surface area contributed by atoms with Crippen LogP contribution in [0.5, 0.6) is 0 Å². The van der Waals surface area contributed by atoms with Crippen molar-refractivity contribution in [2.75, 3.05) is 6.54 Å². The van der Waals surface area contributed by atoms with Gasteiger partial charge in [-0.05, 0) is 43.7 Å². The van der Waals surface area contributed by atoms with Gasteiger partial charge in [0, 0.05) is 6.54 Å². The zero-order valence-corrected chi connectivity index (χ0v) is 10.8. The molecule has 1 saturated heterocycles. The number of aliphatic carboxylic acids is 1.